The minimum atomic E-state index is -2.82. The van der Waals surface area contributed by atoms with Crippen molar-refractivity contribution < 1.29 is 13.5 Å². The van der Waals surface area contributed by atoms with Crippen LogP contribution in [0.25, 0.3) is 0 Å². The Hall–Kier alpha value is -1.26. The van der Waals surface area contributed by atoms with Crippen LogP contribution in [0.3, 0.4) is 0 Å². The maximum absolute atomic E-state index is 13.8. The van der Waals surface area contributed by atoms with E-state index in [4.69, 9.17) is 4.74 Å². The summed E-state index contributed by atoms with van der Waals surface area (Å²) >= 11 is 2.57. The van der Waals surface area contributed by atoms with Gasteiger partial charge in [-0.15, -0.1) is 0 Å². The van der Waals surface area contributed by atoms with Crippen molar-refractivity contribution in [2.24, 2.45) is 17.3 Å². The molecule has 2 aromatic rings. The van der Waals surface area contributed by atoms with Gasteiger partial charge < -0.3 is 4.74 Å². The van der Waals surface area contributed by atoms with Gasteiger partial charge in [0.25, 0.3) is 0 Å². The van der Waals surface area contributed by atoms with Crippen molar-refractivity contribution >= 4 is 15.9 Å². The normalized spacial score (nSPS) is 23.0. The average molecular weight is 522 g/mol. The fraction of sp³-hybridized carbons (Fsp3) is 0.586. The summed E-state index contributed by atoms with van der Waals surface area (Å²) in [6.45, 7) is 7.22. The monoisotopic (exact) mass is 520 g/mol. The maximum atomic E-state index is 13.8. The molecule has 182 valence electrons. The van der Waals surface area contributed by atoms with Crippen LogP contribution in [-0.4, -0.2) is 11.4 Å². The topological polar surface area (TPSA) is 9.23 Å². The third-order valence-corrected chi connectivity index (χ3v) is 8.10. The van der Waals surface area contributed by atoms with E-state index in [2.05, 4.69) is 73.1 Å². The van der Waals surface area contributed by atoms with Gasteiger partial charge in [-0.1, -0.05) is 94.3 Å². The molecule has 3 atom stereocenters. The molecule has 2 aromatic carbocycles. The Kier molecular flexibility index (Phi) is 9.52. The number of rotatable bonds is 11. The zero-order valence-corrected chi connectivity index (χ0v) is 21.9. The highest BCUT2D eigenvalue weighted by Gasteiger charge is 2.39. The van der Waals surface area contributed by atoms with Crippen LogP contribution < -0.4 is 0 Å². The Morgan fingerprint density at radius 1 is 0.909 bits per heavy atom. The van der Waals surface area contributed by atoms with Crippen LogP contribution in [0.1, 0.15) is 88.9 Å². The van der Waals surface area contributed by atoms with Gasteiger partial charge in [0.15, 0.2) is 0 Å². The minimum absolute atomic E-state index is 0.0623. The van der Waals surface area contributed by atoms with Crippen molar-refractivity contribution in [3.63, 3.8) is 0 Å². The lowest BCUT2D eigenvalue weighted by Crippen LogP contribution is -2.36. The van der Waals surface area contributed by atoms with Gasteiger partial charge in [-0.2, -0.15) is 8.78 Å². The molecule has 3 rings (SSSR count). The van der Waals surface area contributed by atoms with Crippen LogP contribution in [0.4, 0.5) is 8.78 Å². The number of ether oxygens (including phenoxy) is 1. The molecule has 3 unspecified atom stereocenters. The Morgan fingerprint density at radius 2 is 1.45 bits per heavy atom. The summed E-state index contributed by atoms with van der Waals surface area (Å²) < 4.78 is 34.2. The van der Waals surface area contributed by atoms with Crippen LogP contribution in [0.15, 0.2) is 60.7 Å². The first-order chi connectivity index (χ1) is 15.7. The first-order valence-corrected chi connectivity index (χ1v) is 13.2. The van der Waals surface area contributed by atoms with Gasteiger partial charge in [0.05, 0.1) is 12.7 Å². The molecule has 1 nitrogen and oxygen atoms in total. The van der Waals surface area contributed by atoms with Crippen molar-refractivity contribution in [1.29, 1.82) is 0 Å². The van der Waals surface area contributed by atoms with Gasteiger partial charge >= 0.3 is 4.83 Å². The smallest absolute Gasteiger partial charge is 0.301 e. The van der Waals surface area contributed by atoms with Gasteiger partial charge in [0.2, 0.25) is 0 Å². The van der Waals surface area contributed by atoms with Crippen LogP contribution >= 0.6 is 15.9 Å². The molecule has 33 heavy (non-hydrogen) atoms. The molecule has 0 saturated heterocycles. The van der Waals surface area contributed by atoms with Crippen molar-refractivity contribution in [3.8, 4) is 0 Å². The van der Waals surface area contributed by atoms with E-state index in [1.807, 2.05) is 24.3 Å². The van der Waals surface area contributed by atoms with Crippen LogP contribution in [0.2, 0.25) is 0 Å². The summed E-state index contributed by atoms with van der Waals surface area (Å²) in [4.78, 5) is -2.82. The molecule has 0 amide bonds. The molecular weight excluding hydrogens is 482 g/mol. The molecule has 4 heteroatoms. The number of hydrogen-bond donors (Lipinski definition) is 0. The summed E-state index contributed by atoms with van der Waals surface area (Å²) in [5, 5.41) is 0. The van der Waals surface area contributed by atoms with Crippen molar-refractivity contribution in [2.45, 2.75) is 82.6 Å². The fourth-order valence-corrected chi connectivity index (χ4v) is 5.47. The van der Waals surface area contributed by atoms with E-state index in [0.29, 0.717) is 24.9 Å². The summed E-state index contributed by atoms with van der Waals surface area (Å²) in [5.74, 6) is 1.49. The van der Waals surface area contributed by atoms with E-state index < -0.39 is 4.83 Å². The molecular formula is C29H39BrF2O. The molecule has 0 spiro atoms. The number of halogens is 3. The van der Waals surface area contributed by atoms with E-state index in [-0.39, 0.29) is 17.9 Å². The average Bonchev–Trinajstić information content (AvgIpc) is 2.81. The Morgan fingerprint density at radius 3 is 2.00 bits per heavy atom. The zero-order valence-electron chi connectivity index (χ0n) is 20.3. The molecule has 0 N–H and O–H groups in total. The molecule has 1 fully saturated rings. The third kappa shape index (κ3) is 8.17. The molecule has 0 aliphatic heterocycles. The van der Waals surface area contributed by atoms with Gasteiger partial charge in [0.1, 0.15) is 0 Å². The lowest BCUT2D eigenvalue weighted by atomic mass is 9.66. The van der Waals surface area contributed by atoms with E-state index in [1.54, 1.807) is 0 Å². The van der Waals surface area contributed by atoms with E-state index in [0.717, 1.165) is 30.7 Å². The van der Waals surface area contributed by atoms with Crippen LogP contribution in [0.5, 0.6) is 0 Å². The predicted molar refractivity (Wildman–Crippen MR) is 137 cm³/mol. The Balaban J connectivity index is 1.76. The second-order valence-electron chi connectivity index (χ2n) is 10.5. The van der Waals surface area contributed by atoms with E-state index in [9.17, 15) is 8.78 Å². The highest BCUT2D eigenvalue weighted by atomic mass is 79.9. The quantitative estimate of drug-likeness (QED) is 0.268. The second kappa shape index (κ2) is 11.9. The number of benzene rings is 2. The summed E-state index contributed by atoms with van der Waals surface area (Å²) in [6, 6.07) is 20.9. The molecule has 1 saturated carbocycles. The highest BCUT2D eigenvalue weighted by molar-refractivity contribution is 9.09. The van der Waals surface area contributed by atoms with Crippen molar-refractivity contribution in [2.75, 3.05) is 6.61 Å². The number of hydrogen-bond acceptors (Lipinski definition) is 1. The fourth-order valence-electron chi connectivity index (χ4n) is 5.28. The molecule has 1 aliphatic rings. The van der Waals surface area contributed by atoms with Crippen LogP contribution in [-0.2, 0) is 4.74 Å². The van der Waals surface area contributed by atoms with Gasteiger partial charge in [-0.05, 0) is 75.9 Å². The van der Waals surface area contributed by atoms with Gasteiger partial charge in [0, 0.05) is 6.42 Å². The molecule has 0 heterocycles. The standard InChI is InChI=1S/C29H39BrF2O/c1-22-14-16-26(17-15-22)28(3,18-19-29(30,31)32)21-33-27(25-12-8-5-9-13-25)20-23(2)24-10-6-4-7-11-24/h4-13,22-23,26-27H,14-21H2,1-3H3. The van der Waals surface area contributed by atoms with E-state index >= 15 is 0 Å². The summed E-state index contributed by atoms with van der Waals surface area (Å²) in [6.07, 6.45) is 5.66. The maximum Gasteiger partial charge on any atom is 0.301 e. The number of alkyl halides is 3. The lowest BCUT2D eigenvalue weighted by Gasteiger charge is -2.42. The Bertz CT molecular complexity index is 815. The second-order valence-corrected chi connectivity index (χ2v) is 11.6. The summed E-state index contributed by atoms with van der Waals surface area (Å²) in [5.41, 5.74) is 2.19. The van der Waals surface area contributed by atoms with Crippen LogP contribution in [0, 0.1) is 17.3 Å². The van der Waals surface area contributed by atoms with Crippen molar-refractivity contribution in [3.05, 3.63) is 71.8 Å². The zero-order chi connectivity index (χ0) is 23.9. The van der Waals surface area contributed by atoms with Gasteiger partial charge in [-0.3, -0.25) is 0 Å². The van der Waals surface area contributed by atoms with Gasteiger partial charge in [-0.25, -0.2) is 0 Å². The van der Waals surface area contributed by atoms with E-state index in [1.165, 1.54) is 18.4 Å². The SMILES string of the molecule is CC1CCC(C(C)(CCC(F)(F)Br)COC(CC(C)c2ccccc2)c2ccccc2)CC1. The first-order valence-electron chi connectivity index (χ1n) is 12.4. The molecule has 0 bridgehead atoms. The van der Waals surface area contributed by atoms with Crippen molar-refractivity contribution in [1.82, 2.24) is 0 Å². The highest BCUT2D eigenvalue weighted by Crippen LogP contribution is 2.46. The first kappa shape index (κ1) is 26.3. The third-order valence-electron chi connectivity index (χ3n) is 7.70. The lowest BCUT2D eigenvalue weighted by molar-refractivity contribution is -0.0552. The Labute approximate surface area is 207 Å². The minimum Gasteiger partial charge on any atom is -0.373 e. The summed E-state index contributed by atoms with van der Waals surface area (Å²) in [7, 11) is 0. The largest absolute Gasteiger partial charge is 0.373 e. The molecule has 0 radical (unpaired) electrons. The molecule has 0 aromatic heterocycles. The molecule has 1 aliphatic carbocycles. The predicted octanol–water partition coefficient (Wildman–Crippen LogP) is 9.54.